The second-order valence-electron chi connectivity index (χ2n) is 3.99. The molecule has 0 amide bonds. The van der Waals surface area contributed by atoms with E-state index in [1.54, 1.807) is 0 Å². The summed E-state index contributed by atoms with van der Waals surface area (Å²) in [6.07, 6.45) is 8.91. The van der Waals surface area contributed by atoms with Crippen LogP contribution >= 0.6 is 0 Å². The molecule has 2 nitrogen and oxygen atoms in total. The smallest absolute Gasteiger partial charge is 0.0700 e. The summed E-state index contributed by atoms with van der Waals surface area (Å²) in [5, 5.41) is 0. The Bertz CT molecular complexity index is 92.7. The molecule has 0 aromatic heterocycles. The van der Waals surface area contributed by atoms with Crippen molar-refractivity contribution in [1.82, 2.24) is 0 Å². The van der Waals surface area contributed by atoms with E-state index in [-0.39, 0.29) is 0 Å². The average Bonchev–Trinajstić information content (AvgIpc) is 2.26. The fraction of sp³-hybridized carbons (Fsp3) is 1.00. The van der Waals surface area contributed by atoms with Gasteiger partial charge in [-0.3, -0.25) is 0 Å². The molecule has 0 unspecified atom stereocenters. The zero-order chi connectivity index (χ0) is 11.2. The van der Waals surface area contributed by atoms with E-state index in [2.05, 4.69) is 13.8 Å². The highest BCUT2D eigenvalue weighted by Crippen LogP contribution is 2.02. The van der Waals surface area contributed by atoms with Crippen LogP contribution in [0.3, 0.4) is 0 Å². The molecule has 15 heavy (non-hydrogen) atoms. The van der Waals surface area contributed by atoms with Gasteiger partial charge in [-0.05, 0) is 12.8 Å². The third kappa shape index (κ3) is 13.9. The highest BCUT2D eigenvalue weighted by molar-refractivity contribution is 4.41. The Hall–Kier alpha value is -0.0800. The van der Waals surface area contributed by atoms with Gasteiger partial charge in [-0.25, -0.2) is 0 Å². The van der Waals surface area contributed by atoms with Gasteiger partial charge >= 0.3 is 0 Å². The van der Waals surface area contributed by atoms with E-state index < -0.39 is 0 Å². The van der Waals surface area contributed by atoms with E-state index in [0.29, 0.717) is 0 Å². The summed E-state index contributed by atoms with van der Waals surface area (Å²) in [7, 11) is 0. The predicted molar refractivity (Wildman–Crippen MR) is 65.3 cm³/mol. The van der Waals surface area contributed by atoms with Crippen LogP contribution in [0.4, 0.5) is 0 Å². The van der Waals surface area contributed by atoms with Crippen LogP contribution < -0.4 is 0 Å². The molecule has 0 heterocycles. The van der Waals surface area contributed by atoms with Crippen molar-refractivity contribution in [3.05, 3.63) is 0 Å². The summed E-state index contributed by atoms with van der Waals surface area (Å²) in [5.74, 6) is 0. The SMILES string of the molecule is CCCCCCCOCCOCCCC. The largest absolute Gasteiger partial charge is 0.379 e. The van der Waals surface area contributed by atoms with Crippen LogP contribution in [-0.4, -0.2) is 26.4 Å². The molecule has 0 saturated heterocycles. The van der Waals surface area contributed by atoms with Crippen molar-refractivity contribution in [2.24, 2.45) is 0 Å². The Kier molecular flexibility index (Phi) is 13.8. The Morgan fingerprint density at radius 1 is 0.533 bits per heavy atom. The molecule has 0 aliphatic carbocycles. The molecule has 0 N–H and O–H groups in total. The second-order valence-corrected chi connectivity index (χ2v) is 3.99. The first kappa shape index (κ1) is 14.9. The van der Waals surface area contributed by atoms with Gasteiger partial charge in [-0.1, -0.05) is 46.0 Å². The Morgan fingerprint density at radius 2 is 1.07 bits per heavy atom. The molecule has 0 aliphatic heterocycles. The minimum absolute atomic E-state index is 0.759. The van der Waals surface area contributed by atoms with Gasteiger partial charge in [0.15, 0.2) is 0 Å². The molecule has 0 rings (SSSR count). The topological polar surface area (TPSA) is 18.5 Å². The molecule has 0 aliphatic rings. The van der Waals surface area contributed by atoms with E-state index in [9.17, 15) is 0 Å². The Labute approximate surface area is 95.3 Å². The lowest BCUT2D eigenvalue weighted by Crippen LogP contribution is -2.06. The van der Waals surface area contributed by atoms with Gasteiger partial charge in [0.2, 0.25) is 0 Å². The lowest BCUT2D eigenvalue weighted by molar-refractivity contribution is 0.0453. The van der Waals surface area contributed by atoms with Crippen LogP contribution in [0.5, 0.6) is 0 Å². The molecule has 0 radical (unpaired) electrons. The quantitative estimate of drug-likeness (QED) is 0.462. The standard InChI is InChI=1S/C13H28O2/c1-3-5-7-8-9-11-15-13-12-14-10-6-4-2/h3-13H2,1-2H3. The molecule has 0 atom stereocenters. The molecular formula is C13H28O2. The Balaban J connectivity index is 2.81. The molecule has 0 spiro atoms. The van der Waals surface area contributed by atoms with Gasteiger partial charge < -0.3 is 9.47 Å². The van der Waals surface area contributed by atoms with Crippen molar-refractivity contribution in [2.45, 2.75) is 58.8 Å². The van der Waals surface area contributed by atoms with Crippen LogP contribution in [0.15, 0.2) is 0 Å². The predicted octanol–water partition coefficient (Wildman–Crippen LogP) is 3.79. The van der Waals surface area contributed by atoms with Gasteiger partial charge in [0.25, 0.3) is 0 Å². The van der Waals surface area contributed by atoms with Crippen molar-refractivity contribution < 1.29 is 9.47 Å². The summed E-state index contributed by atoms with van der Waals surface area (Å²) in [6, 6.07) is 0. The molecule has 92 valence electrons. The van der Waals surface area contributed by atoms with Crippen molar-refractivity contribution in [1.29, 1.82) is 0 Å². The normalized spacial score (nSPS) is 10.8. The zero-order valence-electron chi connectivity index (χ0n) is 10.6. The number of ether oxygens (including phenoxy) is 2. The van der Waals surface area contributed by atoms with Crippen molar-refractivity contribution in [2.75, 3.05) is 26.4 Å². The monoisotopic (exact) mass is 216 g/mol. The van der Waals surface area contributed by atoms with Crippen LogP contribution in [0, 0.1) is 0 Å². The van der Waals surface area contributed by atoms with Crippen LogP contribution in [0.25, 0.3) is 0 Å². The van der Waals surface area contributed by atoms with E-state index in [1.807, 2.05) is 0 Å². The molecule has 0 saturated carbocycles. The molecule has 0 fully saturated rings. The lowest BCUT2D eigenvalue weighted by atomic mass is 10.2. The lowest BCUT2D eigenvalue weighted by Gasteiger charge is -2.05. The maximum atomic E-state index is 5.47. The number of unbranched alkanes of at least 4 members (excludes halogenated alkanes) is 5. The zero-order valence-corrected chi connectivity index (χ0v) is 10.6. The molecule has 0 bridgehead atoms. The summed E-state index contributed by atoms with van der Waals surface area (Å²) in [6.45, 7) is 7.73. The summed E-state index contributed by atoms with van der Waals surface area (Å²) in [4.78, 5) is 0. The average molecular weight is 216 g/mol. The molecular weight excluding hydrogens is 188 g/mol. The summed E-state index contributed by atoms with van der Waals surface area (Å²) >= 11 is 0. The van der Waals surface area contributed by atoms with Gasteiger partial charge in [0.05, 0.1) is 13.2 Å². The number of rotatable bonds is 12. The van der Waals surface area contributed by atoms with E-state index in [1.165, 1.54) is 38.5 Å². The molecule has 2 heteroatoms. The second kappa shape index (κ2) is 13.9. The maximum Gasteiger partial charge on any atom is 0.0700 e. The highest BCUT2D eigenvalue weighted by Gasteiger charge is 1.91. The van der Waals surface area contributed by atoms with Crippen molar-refractivity contribution in [3.63, 3.8) is 0 Å². The molecule has 0 aromatic carbocycles. The van der Waals surface area contributed by atoms with Crippen molar-refractivity contribution in [3.8, 4) is 0 Å². The van der Waals surface area contributed by atoms with Crippen molar-refractivity contribution >= 4 is 0 Å². The molecule has 0 aromatic rings. The van der Waals surface area contributed by atoms with E-state index in [0.717, 1.165) is 32.8 Å². The van der Waals surface area contributed by atoms with Crippen LogP contribution in [-0.2, 0) is 9.47 Å². The van der Waals surface area contributed by atoms with Crippen LogP contribution in [0.1, 0.15) is 58.8 Å². The summed E-state index contributed by atoms with van der Waals surface area (Å²) < 4.78 is 10.9. The van der Waals surface area contributed by atoms with Gasteiger partial charge in [-0.2, -0.15) is 0 Å². The minimum Gasteiger partial charge on any atom is -0.379 e. The van der Waals surface area contributed by atoms with Gasteiger partial charge in [-0.15, -0.1) is 0 Å². The maximum absolute atomic E-state index is 5.47. The van der Waals surface area contributed by atoms with Crippen LogP contribution in [0.2, 0.25) is 0 Å². The van der Waals surface area contributed by atoms with E-state index in [4.69, 9.17) is 9.47 Å². The van der Waals surface area contributed by atoms with Gasteiger partial charge in [0.1, 0.15) is 0 Å². The Morgan fingerprint density at radius 3 is 1.67 bits per heavy atom. The van der Waals surface area contributed by atoms with E-state index >= 15 is 0 Å². The highest BCUT2D eigenvalue weighted by atomic mass is 16.5. The first-order chi connectivity index (χ1) is 7.41. The first-order valence-corrected chi connectivity index (χ1v) is 6.57. The fourth-order valence-corrected chi connectivity index (χ4v) is 1.38. The number of hydrogen-bond acceptors (Lipinski definition) is 2. The third-order valence-electron chi connectivity index (χ3n) is 2.41. The first-order valence-electron chi connectivity index (χ1n) is 6.57. The third-order valence-corrected chi connectivity index (χ3v) is 2.41. The van der Waals surface area contributed by atoms with Gasteiger partial charge in [0, 0.05) is 13.2 Å². The fourth-order valence-electron chi connectivity index (χ4n) is 1.38. The summed E-state index contributed by atoms with van der Waals surface area (Å²) in [5.41, 5.74) is 0. The minimum atomic E-state index is 0.759. The number of hydrogen-bond donors (Lipinski definition) is 0.